The summed E-state index contributed by atoms with van der Waals surface area (Å²) in [5.41, 5.74) is 0.102. The highest BCUT2D eigenvalue weighted by Gasteiger charge is 2.27. The lowest BCUT2D eigenvalue weighted by molar-refractivity contribution is -0.140. The molecular weight excluding hydrogens is 269 g/mol. The third-order valence-corrected chi connectivity index (χ3v) is 3.76. The Kier molecular flexibility index (Phi) is 4.77. The Balaban J connectivity index is 2.19. The van der Waals surface area contributed by atoms with Crippen molar-refractivity contribution in [2.24, 2.45) is 0 Å². The fourth-order valence-corrected chi connectivity index (χ4v) is 2.72. The van der Waals surface area contributed by atoms with Gasteiger partial charge in [0.25, 0.3) is 0 Å². The van der Waals surface area contributed by atoms with Crippen LogP contribution in [0.1, 0.15) is 43.7 Å². The summed E-state index contributed by atoms with van der Waals surface area (Å²) >= 11 is 5.82. The third kappa shape index (κ3) is 3.67. The summed E-state index contributed by atoms with van der Waals surface area (Å²) in [5, 5.41) is 12.7. The van der Waals surface area contributed by atoms with Crippen LogP contribution in [-0.4, -0.2) is 17.1 Å². The summed E-state index contributed by atoms with van der Waals surface area (Å²) in [6.07, 6.45) is 5.23. The fourth-order valence-electron chi connectivity index (χ4n) is 2.53. The van der Waals surface area contributed by atoms with Crippen LogP contribution in [-0.2, 0) is 4.79 Å². The molecule has 19 heavy (non-hydrogen) atoms. The lowest BCUT2D eigenvalue weighted by Crippen LogP contribution is -2.38. The molecule has 2 rings (SSSR count). The molecule has 1 aromatic rings. The molecule has 1 aliphatic carbocycles. The van der Waals surface area contributed by atoms with Gasteiger partial charge >= 0.3 is 5.97 Å². The van der Waals surface area contributed by atoms with Crippen molar-refractivity contribution >= 4 is 17.6 Å². The molecule has 0 heterocycles. The van der Waals surface area contributed by atoms with E-state index in [1.807, 2.05) is 0 Å². The van der Waals surface area contributed by atoms with E-state index in [9.17, 15) is 14.3 Å². The minimum atomic E-state index is -1.08. The van der Waals surface area contributed by atoms with Gasteiger partial charge in [-0.2, -0.15) is 0 Å². The van der Waals surface area contributed by atoms with Gasteiger partial charge in [-0.15, -0.1) is 0 Å². The van der Waals surface area contributed by atoms with Gasteiger partial charge in [0.2, 0.25) is 0 Å². The molecule has 0 spiro atoms. The predicted octanol–water partition coefficient (Wildman–Crippen LogP) is 3.53. The Hall–Kier alpha value is -1.13. The van der Waals surface area contributed by atoms with E-state index in [1.54, 1.807) is 0 Å². The van der Waals surface area contributed by atoms with E-state index in [0.29, 0.717) is 5.02 Å². The third-order valence-electron chi connectivity index (χ3n) is 3.52. The number of halogens is 2. The Morgan fingerprint density at radius 2 is 2.05 bits per heavy atom. The second kappa shape index (κ2) is 6.35. The van der Waals surface area contributed by atoms with Gasteiger partial charge in [0.15, 0.2) is 0 Å². The topological polar surface area (TPSA) is 49.3 Å². The number of benzene rings is 1. The van der Waals surface area contributed by atoms with Gasteiger partial charge in [-0.25, -0.2) is 4.39 Å². The van der Waals surface area contributed by atoms with Gasteiger partial charge in [-0.1, -0.05) is 30.9 Å². The summed E-state index contributed by atoms with van der Waals surface area (Å²) in [5.74, 6) is -1.62. The highest BCUT2D eigenvalue weighted by atomic mass is 35.5. The molecule has 1 aliphatic rings. The van der Waals surface area contributed by atoms with Crippen molar-refractivity contribution in [1.82, 2.24) is 5.32 Å². The smallest absolute Gasteiger partial charge is 0.325 e. The number of nitrogens with one attached hydrogen (secondary N) is 1. The quantitative estimate of drug-likeness (QED) is 0.890. The number of carboxylic acid groups (broad SMARTS) is 1. The maximum Gasteiger partial charge on any atom is 0.325 e. The second-order valence-electron chi connectivity index (χ2n) is 4.94. The normalized spacial score (nSPS) is 18.2. The van der Waals surface area contributed by atoms with Gasteiger partial charge < -0.3 is 5.11 Å². The summed E-state index contributed by atoms with van der Waals surface area (Å²) in [6.45, 7) is 0. The zero-order valence-electron chi connectivity index (χ0n) is 10.5. The highest BCUT2D eigenvalue weighted by molar-refractivity contribution is 6.30. The first-order valence-electron chi connectivity index (χ1n) is 6.51. The minimum absolute atomic E-state index is 0.102. The molecule has 2 N–H and O–H groups in total. The molecular formula is C14H17ClFNO2. The summed E-state index contributed by atoms with van der Waals surface area (Å²) in [4.78, 5) is 11.4. The number of rotatable bonds is 4. The van der Waals surface area contributed by atoms with Crippen LogP contribution in [0.15, 0.2) is 18.2 Å². The Bertz CT molecular complexity index is 461. The molecule has 5 heteroatoms. The molecule has 0 bridgehead atoms. The van der Waals surface area contributed by atoms with Crippen LogP contribution in [0, 0.1) is 5.82 Å². The number of carbonyl (C=O) groups is 1. The number of hydrogen-bond donors (Lipinski definition) is 2. The molecule has 3 nitrogen and oxygen atoms in total. The number of carboxylic acids is 1. The lowest BCUT2D eigenvalue weighted by Gasteiger charge is -2.27. The molecule has 1 saturated carbocycles. The van der Waals surface area contributed by atoms with E-state index in [4.69, 9.17) is 11.6 Å². The molecule has 1 unspecified atom stereocenters. The first-order chi connectivity index (χ1) is 9.08. The van der Waals surface area contributed by atoms with Crippen molar-refractivity contribution in [3.8, 4) is 0 Å². The second-order valence-corrected chi connectivity index (χ2v) is 5.38. The van der Waals surface area contributed by atoms with Crippen molar-refractivity contribution in [3.05, 3.63) is 34.6 Å². The molecule has 1 fully saturated rings. The van der Waals surface area contributed by atoms with Crippen LogP contribution in [0.5, 0.6) is 0 Å². The van der Waals surface area contributed by atoms with E-state index < -0.39 is 17.8 Å². The largest absolute Gasteiger partial charge is 0.480 e. The summed E-state index contributed by atoms with van der Waals surface area (Å²) in [6, 6.07) is 3.09. The van der Waals surface area contributed by atoms with Gasteiger partial charge in [-0.3, -0.25) is 10.1 Å². The first-order valence-corrected chi connectivity index (χ1v) is 6.89. The molecule has 0 aromatic heterocycles. The highest BCUT2D eigenvalue weighted by Crippen LogP contribution is 2.25. The maximum atomic E-state index is 13.8. The van der Waals surface area contributed by atoms with Gasteiger partial charge in [0.05, 0.1) is 0 Å². The zero-order chi connectivity index (χ0) is 13.8. The average molecular weight is 286 g/mol. The number of aliphatic carboxylic acids is 1. The van der Waals surface area contributed by atoms with Crippen LogP contribution in [0.2, 0.25) is 5.02 Å². The van der Waals surface area contributed by atoms with E-state index in [0.717, 1.165) is 25.7 Å². The van der Waals surface area contributed by atoms with Crippen LogP contribution in [0.3, 0.4) is 0 Å². The first kappa shape index (κ1) is 14.3. The molecule has 104 valence electrons. The zero-order valence-corrected chi connectivity index (χ0v) is 11.3. The van der Waals surface area contributed by atoms with Crippen molar-refractivity contribution < 1.29 is 14.3 Å². The molecule has 1 atom stereocenters. The van der Waals surface area contributed by atoms with Crippen LogP contribution in [0.25, 0.3) is 0 Å². The Morgan fingerprint density at radius 3 is 2.68 bits per heavy atom. The van der Waals surface area contributed by atoms with Crippen LogP contribution >= 0.6 is 11.6 Å². The monoisotopic (exact) mass is 285 g/mol. The van der Waals surface area contributed by atoms with Crippen molar-refractivity contribution in [1.29, 1.82) is 0 Å². The van der Waals surface area contributed by atoms with E-state index in [1.165, 1.54) is 24.6 Å². The predicted molar refractivity (Wildman–Crippen MR) is 71.8 cm³/mol. The van der Waals surface area contributed by atoms with Crippen molar-refractivity contribution in [2.75, 3.05) is 0 Å². The fraction of sp³-hybridized carbons (Fsp3) is 0.500. The Labute approximate surface area is 116 Å². The maximum absolute atomic E-state index is 13.8. The van der Waals surface area contributed by atoms with E-state index in [-0.39, 0.29) is 11.6 Å². The van der Waals surface area contributed by atoms with Crippen LogP contribution < -0.4 is 5.32 Å². The lowest BCUT2D eigenvalue weighted by atomic mass is 9.94. The van der Waals surface area contributed by atoms with Crippen molar-refractivity contribution in [3.63, 3.8) is 0 Å². The summed E-state index contributed by atoms with van der Waals surface area (Å²) in [7, 11) is 0. The van der Waals surface area contributed by atoms with E-state index in [2.05, 4.69) is 5.32 Å². The SMILES string of the molecule is O=C(O)C(NC1CCCCC1)c1cc(Cl)ccc1F. The summed E-state index contributed by atoms with van der Waals surface area (Å²) < 4.78 is 13.8. The number of hydrogen-bond acceptors (Lipinski definition) is 2. The molecule has 0 radical (unpaired) electrons. The van der Waals surface area contributed by atoms with Gasteiger partial charge in [-0.05, 0) is 31.0 Å². The molecule has 0 aliphatic heterocycles. The minimum Gasteiger partial charge on any atom is -0.480 e. The molecule has 1 aromatic carbocycles. The Morgan fingerprint density at radius 1 is 1.37 bits per heavy atom. The van der Waals surface area contributed by atoms with E-state index >= 15 is 0 Å². The van der Waals surface area contributed by atoms with Gasteiger partial charge in [0, 0.05) is 16.6 Å². The van der Waals surface area contributed by atoms with Crippen molar-refractivity contribution in [2.45, 2.75) is 44.2 Å². The molecule has 0 saturated heterocycles. The molecule has 0 amide bonds. The van der Waals surface area contributed by atoms with Gasteiger partial charge in [0.1, 0.15) is 11.9 Å². The standard InChI is InChI=1S/C14H17ClFNO2/c15-9-6-7-12(16)11(8-9)13(14(18)19)17-10-4-2-1-3-5-10/h6-8,10,13,17H,1-5H2,(H,18,19). The average Bonchev–Trinajstić information content (AvgIpc) is 2.40. The van der Waals surface area contributed by atoms with Crippen LogP contribution in [0.4, 0.5) is 4.39 Å².